The Morgan fingerprint density at radius 1 is 1.27 bits per heavy atom. The second-order valence-corrected chi connectivity index (χ2v) is 6.41. The Bertz CT molecular complexity index is 1100. The van der Waals surface area contributed by atoms with Gasteiger partial charge in [0.15, 0.2) is 0 Å². The maximum absolute atomic E-state index is 13.0. The number of halogens is 3. The van der Waals surface area contributed by atoms with Crippen molar-refractivity contribution in [1.82, 2.24) is 9.97 Å². The number of rotatable bonds is 3. The molecule has 0 aliphatic heterocycles. The van der Waals surface area contributed by atoms with Crippen molar-refractivity contribution in [3.8, 4) is 0 Å². The lowest BCUT2D eigenvalue weighted by Crippen LogP contribution is -2.09. The highest BCUT2D eigenvalue weighted by Gasteiger charge is 2.32. The van der Waals surface area contributed by atoms with Crippen LogP contribution in [0, 0.1) is 6.92 Å². The Morgan fingerprint density at radius 3 is 2.62 bits per heavy atom. The molecule has 0 saturated heterocycles. The summed E-state index contributed by atoms with van der Waals surface area (Å²) in [6, 6.07) is 5.01. The van der Waals surface area contributed by atoms with Gasteiger partial charge in [-0.05, 0) is 30.2 Å². The molecule has 0 spiro atoms. The summed E-state index contributed by atoms with van der Waals surface area (Å²) in [4.78, 5) is 30.2. The van der Waals surface area contributed by atoms with Crippen LogP contribution in [0.2, 0.25) is 0 Å². The van der Waals surface area contributed by atoms with E-state index >= 15 is 0 Å². The first-order valence-electron chi connectivity index (χ1n) is 7.29. The molecule has 0 aliphatic carbocycles. The summed E-state index contributed by atoms with van der Waals surface area (Å²) in [6.45, 7) is 1.51. The Kier molecular flexibility index (Phi) is 4.41. The monoisotopic (exact) mass is 380 g/mol. The predicted octanol–water partition coefficient (Wildman–Crippen LogP) is 4.18. The van der Waals surface area contributed by atoms with Crippen molar-refractivity contribution in [2.24, 2.45) is 0 Å². The van der Waals surface area contributed by atoms with Crippen LogP contribution in [-0.4, -0.2) is 21.0 Å². The number of aromatic amines is 1. The summed E-state index contributed by atoms with van der Waals surface area (Å²) in [5, 5.41) is 9.30. The smallest absolute Gasteiger partial charge is 0.416 e. The van der Waals surface area contributed by atoms with Gasteiger partial charge in [-0.15, -0.1) is 11.3 Å². The van der Waals surface area contributed by atoms with Crippen LogP contribution in [0.4, 0.5) is 13.2 Å². The van der Waals surface area contributed by atoms with Crippen LogP contribution >= 0.6 is 11.3 Å². The van der Waals surface area contributed by atoms with Crippen molar-refractivity contribution in [1.29, 1.82) is 0 Å². The lowest BCUT2D eigenvalue weighted by molar-refractivity contribution is -0.137. The van der Waals surface area contributed by atoms with Crippen LogP contribution in [0.15, 0.2) is 29.1 Å². The highest BCUT2D eigenvalue weighted by atomic mass is 32.1. The molecule has 5 nitrogen and oxygen atoms in total. The Balaban J connectivity index is 2.07. The highest BCUT2D eigenvalue weighted by molar-refractivity contribution is 7.20. The number of aromatic carboxylic acids is 1. The van der Waals surface area contributed by atoms with Gasteiger partial charge in [0, 0.05) is 0 Å². The van der Waals surface area contributed by atoms with E-state index < -0.39 is 23.3 Å². The number of nitrogens with one attached hydrogen (secondary N) is 1. The van der Waals surface area contributed by atoms with Crippen molar-refractivity contribution in [3.63, 3.8) is 0 Å². The van der Waals surface area contributed by atoms with Gasteiger partial charge in [0.1, 0.15) is 15.5 Å². The van der Waals surface area contributed by atoms with Gasteiger partial charge in [0.25, 0.3) is 5.56 Å². The molecule has 0 radical (unpaired) electrons. The minimum atomic E-state index is -4.51. The molecule has 3 aromatic rings. The number of hydrogen-bond acceptors (Lipinski definition) is 4. The number of carbonyl (C=O) groups is 1. The zero-order valence-electron chi connectivity index (χ0n) is 13.2. The third-order valence-electron chi connectivity index (χ3n) is 3.70. The van der Waals surface area contributed by atoms with Crippen molar-refractivity contribution in [2.45, 2.75) is 13.1 Å². The van der Waals surface area contributed by atoms with Gasteiger partial charge in [-0.1, -0.05) is 24.3 Å². The number of aromatic nitrogens is 2. The van der Waals surface area contributed by atoms with Gasteiger partial charge in [0.2, 0.25) is 0 Å². The number of alkyl halides is 3. The molecular weight excluding hydrogens is 369 g/mol. The summed E-state index contributed by atoms with van der Waals surface area (Å²) in [7, 11) is 0. The number of carboxylic acids is 1. The predicted molar refractivity (Wildman–Crippen MR) is 92.3 cm³/mol. The molecule has 9 heteroatoms. The Hall–Kier alpha value is -2.94. The topological polar surface area (TPSA) is 83.0 Å². The van der Waals surface area contributed by atoms with Crippen molar-refractivity contribution < 1.29 is 23.1 Å². The number of carboxylic acid groups (broad SMARTS) is 1. The Morgan fingerprint density at radius 2 is 1.96 bits per heavy atom. The molecule has 26 heavy (non-hydrogen) atoms. The molecule has 2 aromatic heterocycles. The SMILES string of the molecule is Cc1c(C(=O)O)sc2nc(/C=C/c3ccccc3C(F)(F)F)[nH]c(=O)c12. The Labute approximate surface area is 148 Å². The van der Waals surface area contributed by atoms with Crippen LogP contribution in [0.3, 0.4) is 0 Å². The van der Waals surface area contributed by atoms with Crippen LogP contribution < -0.4 is 5.56 Å². The average Bonchev–Trinajstić information content (AvgIpc) is 2.90. The van der Waals surface area contributed by atoms with Crippen LogP contribution in [-0.2, 0) is 6.18 Å². The number of nitrogens with zero attached hydrogens (tertiary/aromatic N) is 1. The molecule has 1 aromatic carbocycles. The molecule has 0 fully saturated rings. The van der Waals surface area contributed by atoms with E-state index in [0.29, 0.717) is 5.56 Å². The van der Waals surface area contributed by atoms with Crippen molar-refractivity contribution >= 4 is 39.7 Å². The first-order valence-corrected chi connectivity index (χ1v) is 8.11. The van der Waals surface area contributed by atoms with E-state index in [1.54, 1.807) is 0 Å². The molecule has 2 heterocycles. The third-order valence-corrected chi connectivity index (χ3v) is 4.87. The minimum absolute atomic E-state index is 0.00143. The molecule has 3 rings (SSSR count). The van der Waals surface area contributed by atoms with Crippen LogP contribution in [0.5, 0.6) is 0 Å². The summed E-state index contributed by atoms with van der Waals surface area (Å²) < 4.78 is 39.0. The van der Waals surface area contributed by atoms with Gasteiger partial charge < -0.3 is 10.1 Å². The zero-order valence-corrected chi connectivity index (χ0v) is 14.0. The van der Waals surface area contributed by atoms with Gasteiger partial charge in [-0.25, -0.2) is 9.78 Å². The summed E-state index contributed by atoms with van der Waals surface area (Å²) in [6.07, 6.45) is -2.06. The first kappa shape index (κ1) is 17.9. The maximum atomic E-state index is 13.0. The number of thiophene rings is 1. The molecule has 0 saturated carbocycles. The van der Waals surface area contributed by atoms with E-state index in [-0.39, 0.29) is 26.5 Å². The second-order valence-electron chi connectivity index (χ2n) is 5.41. The van der Waals surface area contributed by atoms with E-state index in [1.165, 1.54) is 37.3 Å². The average molecular weight is 380 g/mol. The fraction of sp³-hybridized carbons (Fsp3) is 0.118. The van der Waals surface area contributed by atoms with E-state index in [4.69, 9.17) is 5.11 Å². The molecule has 2 N–H and O–H groups in total. The van der Waals surface area contributed by atoms with Gasteiger partial charge >= 0.3 is 12.1 Å². The molecule has 0 aliphatic rings. The highest BCUT2D eigenvalue weighted by Crippen LogP contribution is 2.32. The molecule has 134 valence electrons. The first-order chi connectivity index (χ1) is 12.2. The molecular formula is C17H11F3N2O3S. The van der Waals surface area contributed by atoms with Crippen molar-refractivity contribution in [2.75, 3.05) is 0 Å². The fourth-order valence-corrected chi connectivity index (χ4v) is 3.54. The standard InChI is InChI=1S/C17H11F3N2O3S/c1-8-12-14(23)21-11(22-15(12)26-13(8)16(24)25)7-6-9-4-2-3-5-10(9)17(18,19)20/h2-7H,1H3,(H,24,25)(H,21,22,23)/b7-6+. The van der Waals surface area contributed by atoms with E-state index in [1.807, 2.05) is 0 Å². The number of fused-ring (bicyclic) bond motifs is 1. The summed E-state index contributed by atoms with van der Waals surface area (Å²) in [5.74, 6) is -1.13. The number of hydrogen-bond donors (Lipinski definition) is 2. The van der Waals surface area contributed by atoms with Crippen LogP contribution in [0.1, 0.15) is 32.2 Å². The van der Waals surface area contributed by atoms with Crippen LogP contribution in [0.25, 0.3) is 22.4 Å². The fourth-order valence-electron chi connectivity index (χ4n) is 2.51. The van der Waals surface area contributed by atoms with E-state index in [9.17, 15) is 22.8 Å². The van der Waals surface area contributed by atoms with Gasteiger partial charge in [0.05, 0.1) is 10.9 Å². The second kappa shape index (κ2) is 6.41. The van der Waals surface area contributed by atoms with E-state index in [0.717, 1.165) is 17.4 Å². The third kappa shape index (κ3) is 3.25. The quantitative estimate of drug-likeness (QED) is 0.714. The number of H-pyrrole nitrogens is 1. The molecule has 0 amide bonds. The molecule has 0 unspecified atom stereocenters. The zero-order chi connectivity index (χ0) is 19.1. The molecule has 0 atom stereocenters. The van der Waals surface area contributed by atoms with Gasteiger partial charge in [-0.2, -0.15) is 13.2 Å². The van der Waals surface area contributed by atoms with E-state index in [2.05, 4.69) is 9.97 Å². The summed E-state index contributed by atoms with van der Waals surface area (Å²) >= 11 is 0.845. The lowest BCUT2D eigenvalue weighted by Gasteiger charge is -2.09. The molecule has 0 bridgehead atoms. The van der Waals surface area contributed by atoms with Gasteiger partial charge in [-0.3, -0.25) is 4.79 Å². The maximum Gasteiger partial charge on any atom is 0.416 e. The van der Waals surface area contributed by atoms with Crippen molar-refractivity contribution in [3.05, 3.63) is 62.0 Å². The normalized spacial score (nSPS) is 12.2. The number of aryl methyl sites for hydroxylation is 1. The minimum Gasteiger partial charge on any atom is -0.477 e. The largest absolute Gasteiger partial charge is 0.477 e. The summed E-state index contributed by atoms with van der Waals surface area (Å²) in [5.41, 5.74) is -1.11. The number of benzene rings is 1. The lowest BCUT2D eigenvalue weighted by atomic mass is 10.1.